The molecule has 5 nitrogen and oxygen atoms in total. The number of nitrogens with two attached hydrogens (primary N) is 1. The molecule has 0 saturated carbocycles. The quantitative estimate of drug-likeness (QED) is 0.668. The smallest absolute Gasteiger partial charge is 0.337 e. The third-order valence-electron chi connectivity index (χ3n) is 2.70. The van der Waals surface area contributed by atoms with Crippen LogP contribution in [0.2, 0.25) is 0 Å². The number of amides is 1. The highest BCUT2D eigenvalue weighted by Gasteiger charge is 2.16. The molecule has 0 bridgehead atoms. The van der Waals surface area contributed by atoms with Crippen LogP contribution in [0.25, 0.3) is 0 Å². The van der Waals surface area contributed by atoms with E-state index in [4.69, 9.17) is 10.8 Å². The van der Waals surface area contributed by atoms with Crippen LogP contribution in [0.1, 0.15) is 20.7 Å². The minimum atomic E-state index is -1.14. The van der Waals surface area contributed by atoms with Crippen molar-refractivity contribution in [2.45, 2.75) is 0 Å². The Morgan fingerprint density at radius 2 is 1.76 bits per heavy atom. The van der Waals surface area contributed by atoms with Crippen LogP contribution < -0.4 is 11.1 Å². The molecule has 0 radical (unpaired) electrons. The van der Waals surface area contributed by atoms with Gasteiger partial charge in [0, 0.05) is 14.6 Å². The molecule has 0 spiro atoms. The van der Waals surface area contributed by atoms with Gasteiger partial charge in [0.2, 0.25) is 0 Å². The number of carboxylic acid groups (broad SMARTS) is 1. The molecular weight excluding hydrogens is 404 g/mol. The van der Waals surface area contributed by atoms with E-state index < -0.39 is 11.9 Å². The molecule has 0 heterocycles. The number of aromatic carboxylic acids is 1. The highest BCUT2D eigenvalue weighted by atomic mass is 79.9. The van der Waals surface area contributed by atoms with Gasteiger partial charge in [-0.3, -0.25) is 4.79 Å². The number of carboxylic acids is 1. The van der Waals surface area contributed by atoms with E-state index in [1.807, 2.05) is 0 Å². The fraction of sp³-hybridized carbons (Fsp3) is 0. The van der Waals surface area contributed by atoms with Crippen LogP contribution in [0.4, 0.5) is 11.4 Å². The van der Waals surface area contributed by atoms with E-state index in [0.717, 1.165) is 4.47 Å². The summed E-state index contributed by atoms with van der Waals surface area (Å²) in [4.78, 5) is 23.4. The fourth-order valence-corrected chi connectivity index (χ4v) is 2.50. The van der Waals surface area contributed by atoms with E-state index in [1.54, 1.807) is 18.2 Å². The highest BCUT2D eigenvalue weighted by Crippen LogP contribution is 2.24. The molecule has 7 heteroatoms. The summed E-state index contributed by atoms with van der Waals surface area (Å²) < 4.78 is 1.34. The predicted octanol–water partition coefficient (Wildman–Crippen LogP) is 3.74. The lowest BCUT2D eigenvalue weighted by Crippen LogP contribution is -2.15. The second-order valence-corrected chi connectivity index (χ2v) is 5.96. The Kier molecular flexibility index (Phi) is 4.64. The van der Waals surface area contributed by atoms with Gasteiger partial charge in [-0.15, -0.1) is 0 Å². The van der Waals surface area contributed by atoms with Gasteiger partial charge in [0.1, 0.15) is 0 Å². The van der Waals surface area contributed by atoms with Gasteiger partial charge < -0.3 is 16.2 Å². The van der Waals surface area contributed by atoms with Crippen molar-refractivity contribution in [3.05, 3.63) is 56.5 Å². The number of halogens is 2. The van der Waals surface area contributed by atoms with Crippen molar-refractivity contribution >= 4 is 55.1 Å². The SMILES string of the molecule is Nc1ccc(C(=O)O)c(NC(=O)c2cc(Br)ccc2Br)c1. The number of carbonyl (C=O) groups is 2. The van der Waals surface area contributed by atoms with Crippen LogP contribution in [0.3, 0.4) is 0 Å². The maximum atomic E-state index is 12.3. The minimum Gasteiger partial charge on any atom is -0.478 e. The zero-order valence-corrected chi connectivity index (χ0v) is 13.7. The summed E-state index contributed by atoms with van der Waals surface area (Å²) in [5.41, 5.74) is 6.51. The highest BCUT2D eigenvalue weighted by molar-refractivity contribution is 9.11. The molecule has 0 fully saturated rings. The molecule has 0 saturated heterocycles. The second kappa shape index (κ2) is 6.28. The first kappa shape index (κ1) is 15.5. The van der Waals surface area contributed by atoms with Gasteiger partial charge in [-0.05, 0) is 52.3 Å². The van der Waals surface area contributed by atoms with E-state index in [2.05, 4.69) is 37.2 Å². The number of nitrogens with one attached hydrogen (secondary N) is 1. The zero-order chi connectivity index (χ0) is 15.6. The number of hydrogen-bond acceptors (Lipinski definition) is 3. The van der Waals surface area contributed by atoms with Gasteiger partial charge in [-0.2, -0.15) is 0 Å². The monoisotopic (exact) mass is 412 g/mol. The lowest BCUT2D eigenvalue weighted by Gasteiger charge is -2.10. The predicted molar refractivity (Wildman–Crippen MR) is 87.6 cm³/mol. The molecule has 0 aliphatic carbocycles. The Morgan fingerprint density at radius 1 is 1.05 bits per heavy atom. The number of carbonyl (C=O) groups excluding carboxylic acids is 1. The maximum Gasteiger partial charge on any atom is 0.337 e. The number of nitrogen functional groups attached to an aromatic ring is 1. The Labute approximate surface area is 137 Å². The summed E-state index contributed by atoms with van der Waals surface area (Å²) in [7, 11) is 0. The van der Waals surface area contributed by atoms with Crippen LogP contribution in [0.15, 0.2) is 45.3 Å². The summed E-state index contributed by atoms with van der Waals surface area (Å²) in [5, 5.41) is 11.7. The van der Waals surface area contributed by atoms with Crippen LogP contribution in [-0.2, 0) is 0 Å². The third kappa shape index (κ3) is 3.62. The average molecular weight is 414 g/mol. The van der Waals surface area contributed by atoms with Gasteiger partial charge in [0.15, 0.2) is 0 Å². The normalized spacial score (nSPS) is 10.2. The zero-order valence-electron chi connectivity index (χ0n) is 10.6. The first-order valence-corrected chi connectivity index (χ1v) is 7.36. The summed E-state index contributed by atoms with van der Waals surface area (Å²) >= 11 is 6.57. The van der Waals surface area contributed by atoms with E-state index >= 15 is 0 Å². The molecule has 108 valence electrons. The number of hydrogen-bond donors (Lipinski definition) is 3. The van der Waals surface area contributed by atoms with Gasteiger partial charge >= 0.3 is 5.97 Å². The van der Waals surface area contributed by atoms with Gasteiger partial charge in [0.25, 0.3) is 5.91 Å². The van der Waals surface area contributed by atoms with E-state index in [9.17, 15) is 9.59 Å². The van der Waals surface area contributed by atoms with Gasteiger partial charge in [-0.1, -0.05) is 15.9 Å². The van der Waals surface area contributed by atoms with Crippen LogP contribution in [0, 0.1) is 0 Å². The van der Waals surface area contributed by atoms with Crippen molar-refractivity contribution < 1.29 is 14.7 Å². The molecule has 1 amide bonds. The molecular formula is C14H10Br2N2O3. The van der Waals surface area contributed by atoms with Crippen molar-refractivity contribution in [1.29, 1.82) is 0 Å². The van der Waals surface area contributed by atoms with Gasteiger partial charge in [0.05, 0.1) is 16.8 Å². The molecule has 2 aromatic carbocycles. The molecule has 4 N–H and O–H groups in total. The van der Waals surface area contributed by atoms with Crippen molar-refractivity contribution in [1.82, 2.24) is 0 Å². The lowest BCUT2D eigenvalue weighted by atomic mass is 10.1. The summed E-state index contributed by atoms with van der Waals surface area (Å²) in [5.74, 6) is -1.57. The van der Waals surface area contributed by atoms with E-state index in [-0.39, 0.29) is 11.3 Å². The maximum absolute atomic E-state index is 12.3. The topological polar surface area (TPSA) is 92.4 Å². The van der Waals surface area contributed by atoms with Crippen molar-refractivity contribution in [2.24, 2.45) is 0 Å². The fourth-order valence-electron chi connectivity index (χ4n) is 1.71. The number of anilines is 2. The van der Waals surface area contributed by atoms with Crippen molar-refractivity contribution in [3.8, 4) is 0 Å². The number of rotatable bonds is 3. The third-order valence-corrected chi connectivity index (χ3v) is 3.88. The molecule has 2 rings (SSSR count). The summed E-state index contributed by atoms with van der Waals surface area (Å²) in [6, 6.07) is 9.36. The van der Waals surface area contributed by atoms with Crippen LogP contribution >= 0.6 is 31.9 Å². The average Bonchev–Trinajstić information content (AvgIpc) is 2.41. The van der Waals surface area contributed by atoms with E-state index in [0.29, 0.717) is 15.7 Å². The van der Waals surface area contributed by atoms with Crippen LogP contribution in [-0.4, -0.2) is 17.0 Å². The molecule has 0 aliphatic rings. The summed E-state index contributed by atoms with van der Waals surface area (Å²) in [6.07, 6.45) is 0. The first-order chi connectivity index (χ1) is 9.88. The molecule has 0 atom stereocenters. The second-order valence-electron chi connectivity index (χ2n) is 4.19. The Morgan fingerprint density at radius 3 is 2.43 bits per heavy atom. The van der Waals surface area contributed by atoms with Crippen molar-refractivity contribution in [2.75, 3.05) is 11.1 Å². The molecule has 0 aliphatic heterocycles. The van der Waals surface area contributed by atoms with Gasteiger partial charge in [-0.25, -0.2) is 4.79 Å². The Bertz CT molecular complexity index is 732. The van der Waals surface area contributed by atoms with E-state index in [1.165, 1.54) is 18.2 Å². The molecule has 2 aromatic rings. The number of benzene rings is 2. The Balaban J connectivity index is 2.38. The van der Waals surface area contributed by atoms with Crippen molar-refractivity contribution in [3.63, 3.8) is 0 Å². The summed E-state index contributed by atoms with van der Waals surface area (Å²) in [6.45, 7) is 0. The largest absolute Gasteiger partial charge is 0.478 e. The Hall–Kier alpha value is -1.86. The first-order valence-electron chi connectivity index (χ1n) is 5.77. The standard InChI is InChI=1S/C14H10Br2N2O3/c15-7-1-4-11(16)10(5-7)13(19)18-12-6-8(17)2-3-9(12)14(20)21/h1-6H,17H2,(H,18,19)(H,20,21). The molecule has 21 heavy (non-hydrogen) atoms. The van der Waals surface area contributed by atoms with Crippen LogP contribution in [0.5, 0.6) is 0 Å². The molecule has 0 unspecified atom stereocenters. The molecule has 0 aromatic heterocycles. The minimum absolute atomic E-state index is 0.0244. The lowest BCUT2D eigenvalue weighted by molar-refractivity contribution is 0.0698.